The first-order valence-electron chi connectivity index (χ1n) is 7.13. The molecule has 0 bridgehead atoms. The summed E-state index contributed by atoms with van der Waals surface area (Å²) in [6.07, 6.45) is 0.928. The van der Waals surface area contributed by atoms with Crippen LogP contribution in [0.25, 0.3) is 0 Å². The lowest BCUT2D eigenvalue weighted by atomic mass is 10.1. The summed E-state index contributed by atoms with van der Waals surface area (Å²) in [6.45, 7) is 2.86. The zero-order valence-electron chi connectivity index (χ0n) is 12.0. The van der Waals surface area contributed by atoms with Gasteiger partial charge >= 0.3 is 0 Å². The van der Waals surface area contributed by atoms with Crippen molar-refractivity contribution in [3.63, 3.8) is 0 Å². The second-order valence-corrected chi connectivity index (χ2v) is 5.06. The van der Waals surface area contributed by atoms with Crippen molar-refractivity contribution in [1.29, 1.82) is 0 Å². The van der Waals surface area contributed by atoms with Crippen LogP contribution in [0, 0.1) is 0 Å². The van der Waals surface area contributed by atoms with Gasteiger partial charge in [-0.25, -0.2) is 0 Å². The minimum absolute atomic E-state index is 0.0907. The predicted octanol–water partition coefficient (Wildman–Crippen LogP) is 3.40. The summed E-state index contributed by atoms with van der Waals surface area (Å²) >= 11 is 0. The van der Waals surface area contributed by atoms with E-state index >= 15 is 0 Å². The van der Waals surface area contributed by atoms with Gasteiger partial charge in [0.15, 0.2) is 11.5 Å². The van der Waals surface area contributed by atoms with Gasteiger partial charge < -0.3 is 19.9 Å². The molecule has 1 aliphatic rings. The highest BCUT2D eigenvalue weighted by Crippen LogP contribution is 2.32. The minimum Gasteiger partial charge on any atom is -0.489 e. The molecule has 21 heavy (non-hydrogen) atoms. The maximum atomic E-state index is 5.99. The van der Waals surface area contributed by atoms with Crippen molar-refractivity contribution >= 4 is 0 Å². The third-order valence-corrected chi connectivity index (χ3v) is 3.59. The molecular weight excluding hydrogens is 266 g/mol. The van der Waals surface area contributed by atoms with E-state index in [1.807, 2.05) is 42.5 Å². The molecule has 4 nitrogen and oxygen atoms in total. The summed E-state index contributed by atoms with van der Waals surface area (Å²) in [5, 5.41) is 0. The predicted molar refractivity (Wildman–Crippen MR) is 80.6 cm³/mol. The van der Waals surface area contributed by atoms with Crippen LogP contribution in [0.3, 0.4) is 0 Å². The van der Waals surface area contributed by atoms with Crippen molar-refractivity contribution in [3.05, 3.63) is 53.6 Å². The van der Waals surface area contributed by atoms with Gasteiger partial charge in [-0.2, -0.15) is 0 Å². The Morgan fingerprint density at radius 3 is 2.62 bits per heavy atom. The molecule has 0 saturated heterocycles. The second-order valence-electron chi connectivity index (χ2n) is 5.06. The van der Waals surface area contributed by atoms with Crippen molar-refractivity contribution in [2.24, 2.45) is 5.73 Å². The minimum atomic E-state index is 0.0907. The van der Waals surface area contributed by atoms with E-state index in [2.05, 4.69) is 6.92 Å². The first-order valence-corrected chi connectivity index (χ1v) is 7.13. The van der Waals surface area contributed by atoms with E-state index in [1.165, 1.54) is 0 Å². The van der Waals surface area contributed by atoms with Crippen molar-refractivity contribution in [3.8, 4) is 17.2 Å². The number of hydrogen-bond acceptors (Lipinski definition) is 4. The number of benzene rings is 2. The molecular formula is C17H19NO3. The Labute approximate surface area is 124 Å². The molecule has 0 aromatic heterocycles. The molecule has 3 rings (SSSR count). The summed E-state index contributed by atoms with van der Waals surface area (Å²) < 4.78 is 16.4. The molecule has 0 aliphatic carbocycles. The summed E-state index contributed by atoms with van der Waals surface area (Å²) in [4.78, 5) is 0. The molecule has 1 heterocycles. The van der Waals surface area contributed by atoms with Gasteiger partial charge in [-0.15, -0.1) is 0 Å². The Morgan fingerprint density at radius 1 is 1.10 bits per heavy atom. The van der Waals surface area contributed by atoms with Crippen LogP contribution in [-0.2, 0) is 6.61 Å². The van der Waals surface area contributed by atoms with E-state index in [0.29, 0.717) is 13.4 Å². The average molecular weight is 285 g/mol. The van der Waals surface area contributed by atoms with Crippen molar-refractivity contribution in [2.45, 2.75) is 26.0 Å². The van der Waals surface area contributed by atoms with Gasteiger partial charge in [0.2, 0.25) is 6.79 Å². The quantitative estimate of drug-likeness (QED) is 0.914. The lowest BCUT2D eigenvalue weighted by Crippen LogP contribution is -2.08. The number of hydrogen-bond donors (Lipinski definition) is 1. The van der Waals surface area contributed by atoms with Crippen LogP contribution in [-0.4, -0.2) is 6.79 Å². The van der Waals surface area contributed by atoms with Gasteiger partial charge in [0.05, 0.1) is 0 Å². The highest BCUT2D eigenvalue weighted by molar-refractivity contribution is 5.44. The fourth-order valence-corrected chi connectivity index (χ4v) is 2.24. The molecule has 0 spiro atoms. The van der Waals surface area contributed by atoms with Crippen LogP contribution in [0.15, 0.2) is 42.5 Å². The summed E-state index contributed by atoms with van der Waals surface area (Å²) in [7, 11) is 0. The van der Waals surface area contributed by atoms with E-state index in [-0.39, 0.29) is 6.04 Å². The molecule has 110 valence electrons. The molecule has 1 aliphatic heterocycles. The maximum Gasteiger partial charge on any atom is 0.231 e. The van der Waals surface area contributed by atoms with Crippen LogP contribution in [0.1, 0.15) is 30.5 Å². The van der Waals surface area contributed by atoms with Crippen LogP contribution in [0.5, 0.6) is 17.2 Å². The Hall–Kier alpha value is -2.20. The van der Waals surface area contributed by atoms with Crippen LogP contribution >= 0.6 is 0 Å². The molecule has 4 heteroatoms. The molecule has 0 saturated carbocycles. The molecule has 2 N–H and O–H groups in total. The number of fused-ring (bicyclic) bond motifs is 1. The van der Waals surface area contributed by atoms with E-state index in [9.17, 15) is 0 Å². The van der Waals surface area contributed by atoms with E-state index in [1.54, 1.807) is 0 Å². The zero-order chi connectivity index (χ0) is 14.7. The van der Waals surface area contributed by atoms with Crippen LogP contribution < -0.4 is 19.9 Å². The Balaban J connectivity index is 1.62. The van der Waals surface area contributed by atoms with Crippen LogP contribution in [0.4, 0.5) is 0 Å². The molecule has 0 fully saturated rings. The summed E-state index contributed by atoms with van der Waals surface area (Å²) in [5.41, 5.74) is 8.18. The third-order valence-electron chi connectivity index (χ3n) is 3.59. The molecule has 0 unspecified atom stereocenters. The lowest BCUT2D eigenvalue weighted by molar-refractivity contribution is 0.174. The number of rotatable bonds is 5. The molecule has 2 aromatic carbocycles. The molecule has 1 atom stereocenters. The molecule has 0 radical (unpaired) electrons. The number of nitrogens with two attached hydrogens (primary N) is 1. The van der Waals surface area contributed by atoms with Crippen molar-refractivity contribution < 1.29 is 14.2 Å². The largest absolute Gasteiger partial charge is 0.489 e. The number of ether oxygens (including phenoxy) is 3. The standard InChI is InChI=1S/C17H19NO3/c1-2-15(18)13-4-6-14(7-5-13)19-10-12-3-8-16-17(9-12)21-11-20-16/h3-9,15H,2,10-11,18H2,1H3/t15-/m0/s1. The molecule has 0 amide bonds. The normalized spacial score (nSPS) is 14.0. The van der Waals surface area contributed by atoms with Gasteiger partial charge in [0.1, 0.15) is 12.4 Å². The van der Waals surface area contributed by atoms with Gasteiger partial charge in [0, 0.05) is 6.04 Å². The van der Waals surface area contributed by atoms with E-state index < -0.39 is 0 Å². The summed E-state index contributed by atoms with van der Waals surface area (Å²) in [5.74, 6) is 2.40. The zero-order valence-corrected chi connectivity index (χ0v) is 12.0. The first kappa shape index (κ1) is 13.8. The second kappa shape index (κ2) is 6.06. The van der Waals surface area contributed by atoms with Gasteiger partial charge in [0.25, 0.3) is 0 Å². The van der Waals surface area contributed by atoms with E-state index in [0.717, 1.165) is 34.8 Å². The van der Waals surface area contributed by atoms with Gasteiger partial charge in [-0.1, -0.05) is 25.1 Å². The van der Waals surface area contributed by atoms with Crippen molar-refractivity contribution in [1.82, 2.24) is 0 Å². The average Bonchev–Trinajstić information content (AvgIpc) is 3.00. The first-order chi connectivity index (χ1) is 10.3. The van der Waals surface area contributed by atoms with E-state index in [4.69, 9.17) is 19.9 Å². The lowest BCUT2D eigenvalue weighted by Gasteiger charge is -2.11. The summed E-state index contributed by atoms with van der Waals surface area (Å²) in [6, 6.07) is 13.9. The fraction of sp³-hybridized carbons (Fsp3) is 0.294. The Morgan fingerprint density at radius 2 is 1.86 bits per heavy atom. The highest BCUT2D eigenvalue weighted by Gasteiger charge is 2.13. The maximum absolute atomic E-state index is 5.99. The monoisotopic (exact) mass is 285 g/mol. The third kappa shape index (κ3) is 3.11. The molecule has 2 aromatic rings. The van der Waals surface area contributed by atoms with Crippen LogP contribution in [0.2, 0.25) is 0 Å². The Bertz CT molecular complexity index is 610. The fourth-order valence-electron chi connectivity index (χ4n) is 2.24. The smallest absolute Gasteiger partial charge is 0.231 e. The topological polar surface area (TPSA) is 53.7 Å². The highest BCUT2D eigenvalue weighted by atomic mass is 16.7. The van der Waals surface area contributed by atoms with Gasteiger partial charge in [-0.3, -0.25) is 0 Å². The Kier molecular flexibility index (Phi) is 3.97. The SMILES string of the molecule is CC[C@H](N)c1ccc(OCc2ccc3c(c2)OCO3)cc1. The van der Waals surface area contributed by atoms with Crippen molar-refractivity contribution in [2.75, 3.05) is 6.79 Å². The van der Waals surface area contributed by atoms with Gasteiger partial charge in [-0.05, 0) is 41.8 Å².